The van der Waals surface area contributed by atoms with Crippen molar-refractivity contribution in [3.8, 4) is 0 Å². The Kier molecular flexibility index (Phi) is 8.31. The van der Waals surface area contributed by atoms with E-state index in [-0.39, 0.29) is 6.10 Å². The van der Waals surface area contributed by atoms with Crippen LogP contribution in [0.15, 0.2) is 12.2 Å². The fraction of sp³-hybridized carbons (Fsp3) is 0.867. The average Bonchev–Trinajstić information content (AvgIpc) is 2.38. The van der Waals surface area contributed by atoms with Crippen LogP contribution in [0.4, 0.5) is 0 Å². The maximum Gasteiger partial charge on any atom is 0.0897 e. The molecule has 1 aliphatic carbocycles. The van der Waals surface area contributed by atoms with Crippen molar-refractivity contribution in [3.05, 3.63) is 12.2 Å². The molecule has 0 aromatic carbocycles. The van der Waals surface area contributed by atoms with Gasteiger partial charge in [0.15, 0.2) is 0 Å². The lowest BCUT2D eigenvalue weighted by Crippen LogP contribution is -2.33. The zero-order valence-corrected chi connectivity index (χ0v) is 11.9. The van der Waals surface area contributed by atoms with Crippen molar-refractivity contribution in [3.63, 3.8) is 0 Å². The number of allylic oxidation sites excluding steroid dienone is 1. The van der Waals surface area contributed by atoms with Crippen LogP contribution in [0.5, 0.6) is 0 Å². The first-order valence-corrected chi connectivity index (χ1v) is 7.34. The lowest BCUT2D eigenvalue weighted by molar-refractivity contribution is -0.0277. The van der Waals surface area contributed by atoms with Crippen LogP contribution in [0, 0.1) is 5.92 Å². The summed E-state index contributed by atoms with van der Waals surface area (Å²) in [5, 5.41) is 13.0. The van der Waals surface area contributed by atoms with Gasteiger partial charge in [-0.2, -0.15) is 0 Å². The third-order valence-corrected chi connectivity index (χ3v) is 3.59. The quantitative estimate of drug-likeness (QED) is 0.517. The molecule has 0 radical (unpaired) electrons. The molecule has 1 unspecified atom stereocenters. The molecule has 1 aliphatic rings. The van der Waals surface area contributed by atoms with Gasteiger partial charge < -0.3 is 15.2 Å². The summed E-state index contributed by atoms with van der Waals surface area (Å²) in [7, 11) is 0. The summed E-state index contributed by atoms with van der Waals surface area (Å²) in [6.45, 7) is 6.34. The van der Waals surface area contributed by atoms with E-state index in [1.54, 1.807) is 0 Å². The number of ether oxygens (including phenoxy) is 1. The van der Waals surface area contributed by atoms with Crippen molar-refractivity contribution < 1.29 is 9.84 Å². The van der Waals surface area contributed by atoms with Crippen molar-refractivity contribution >= 4 is 0 Å². The highest BCUT2D eigenvalue weighted by molar-refractivity contribution is 4.77. The molecule has 0 aromatic rings. The van der Waals surface area contributed by atoms with E-state index < -0.39 is 0 Å². The monoisotopic (exact) mass is 255 g/mol. The van der Waals surface area contributed by atoms with E-state index in [0.29, 0.717) is 19.3 Å². The molecular weight excluding hydrogens is 226 g/mol. The molecule has 18 heavy (non-hydrogen) atoms. The molecule has 3 nitrogen and oxygen atoms in total. The van der Waals surface area contributed by atoms with Crippen molar-refractivity contribution in [2.24, 2.45) is 5.92 Å². The van der Waals surface area contributed by atoms with Crippen molar-refractivity contribution in [1.82, 2.24) is 5.32 Å². The Balaban J connectivity index is 1.97. The van der Waals surface area contributed by atoms with Crippen LogP contribution in [0.25, 0.3) is 0 Å². The Morgan fingerprint density at radius 1 is 1.33 bits per heavy atom. The number of aliphatic hydroxyl groups is 1. The second-order valence-electron chi connectivity index (χ2n) is 5.43. The molecule has 0 bridgehead atoms. The smallest absolute Gasteiger partial charge is 0.0897 e. The van der Waals surface area contributed by atoms with Gasteiger partial charge in [-0.25, -0.2) is 0 Å². The van der Waals surface area contributed by atoms with Gasteiger partial charge in [0.25, 0.3) is 0 Å². The van der Waals surface area contributed by atoms with Gasteiger partial charge in [0.05, 0.1) is 18.8 Å². The fourth-order valence-corrected chi connectivity index (χ4v) is 2.32. The van der Waals surface area contributed by atoms with Gasteiger partial charge in [-0.1, -0.05) is 19.1 Å². The molecule has 0 aliphatic heterocycles. The Hall–Kier alpha value is -0.380. The zero-order chi connectivity index (χ0) is 13.2. The van der Waals surface area contributed by atoms with Crippen molar-refractivity contribution in [1.29, 1.82) is 0 Å². The van der Waals surface area contributed by atoms with Crippen LogP contribution in [-0.2, 0) is 4.74 Å². The fourth-order valence-electron chi connectivity index (χ4n) is 2.32. The summed E-state index contributed by atoms with van der Waals surface area (Å²) < 4.78 is 5.77. The average molecular weight is 255 g/mol. The molecule has 0 heterocycles. The molecule has 0 amide bonds. The van der Waals surface area contributed by atoms with Gasteiger partial charge >= 0.3 is 0 Å². The number of nitrogens with one attached hydrogen (secondary N) is 1. The molecular formula is C15H29NO2. The predicted molar refractivity (Wildman–Crippen MR) is 75.7 cm³/mol. The maximum atomic E-state index is 9.78. The summed E-state index contributed by atoms with van der Waals surface area (Å²) in [6, 6.07) is 0. The van der Waals surface area contributed by atoms with Crippen molar-refractivity contribution in [2.75, 3.05) is 19.7 Å². The molecule has 3 heteroatoms. The first-order chi connectivity index (χ1) is 8.72. The van der Waals surface area contributed by atoms with Gasteiger partial charge in [-0.15, -0.1) is 0 Å². The van der Waals surface area contributed by atoms with Crippen LogP contribution < -0.4 is 5.32 Å². The molecule has 1 rings (SSSR count). The van der Waals surface area contributed by atoms with Gasteiger partial charge in [0, 0.05) is 6.54 Å². The lowest BCUT2D eigenvalue weighted by atomic mass is 9.89. The summed E-state index contributed by atoms with van der Waals surface area (Å²) in [4.78, 5) is 0. The molecule has 0 saturated heterocycles. The number of hydrogen-bond donors (Lipinski definition) is 2. The van der Waals surface area contributed by atoms with Crippen LogP contribution in [0.3, 0.4) is 0 Å². The molecule has 0 spiro atoms. The summed E-state index contributed by atoms with van der Waals surface area (Å²) in [5.74, 6) is 0.850. The normalized spacial score (nSPS) is 26.6. The lowest BCUT2D eigenvalue weighted by Gasteiger charge is -2.27. The predicted octanol–water partition coefficient (Wildman–Crippen LogP) is 2.50. The second-order valence-corrected chi connectivity index (χ2v) is 5.43. The minimum absolute atomic E-state index is 0.374. The molecule has 0 aromatic heterocycles. The highest BCUT2D eigenvalue weighted by Gasteiger charge is 2.19. The summed E-state index contributed by atoms with van der Waals surface area (Å²) in [6.07, 6.45) is 10.0. The summed E-state index contributed by atoms with van der Waals surface area (Å²) in [5.41, 5.74) is 0. The second kappa shape index (κ2) is 9.54. The van der Waals surface area contributed by atoms with E-state index in [1.165, 1.54) is 12.8 Å². The van der Waals surface area contributed by atoms with E-state index in [4.69, 9.17) is 4.74 Å². The van der Waals surface area contributed by atoms with Crippen LogP contribution in [0.2, 0.25) is 0 Å². The van der Waals surface area contributed by atoms with Gasteiger partial charge in [-0.05, 0) is 51.5 Å². The first-order valence-electron chi connectivity index (χ1n) is 7.34. The first kappa shape index (κ1) is 15.7. The minimum Gasteiger partial charge on any atom is -0.389 e. The molecule has 106 valence electrons. The maximum absolute atomic E-state index is 9.78. The third-order valence-electron chi connectivity index (χ3n) is 3.59. The molecule has 2 N–H and O–H groups in total. The van der Waals surface area contributed by atoms with Crippen LogP contribution in [-0.4, -0.2) is 37.0 Å². The summed E-state index contributed by atoms with van der Waals surface area (Å²) >= 11 is 0. The van der Waals surface area contributed by atoms with Gasteiger partial charge in [0.1, 0.15) is 0 Å². The Labute approximate surface area is 112 Å². The SMILES string of the molecule is C/C=C/CCNCC(O)COC1CCC(C)CC1. The Morgan fingerprint density at radius 2 is 2.06 bits per heavy atom. The Morgan fingerprint density at radius 3 is 2.72 bits per heavy atom. The van der Waals surface area contributed by atoms with E-state index >= 15 is 0 Å². The van der Waals surface area contributed by atoms with E-state index in [9.17, 15) is 5.11 Å². The highest BCUT2D eigenvalue weighted by atomic mass is 16.5. The van der Waals surface area contributed by atoms with E-state index in [0.717, 1.165) is 31.7 Å². The van der Waals surface area contributed by atoms with Crippen LogP contribution >= 0.6 is 0 Å². The third kappa shape index (κ3) is 7.14. The largest absolute Gasteiger partial charge is 0.389 e. The molecule has 1 fully saturated rings. The molecule has 1 saturated carbocycles. The number of rotatable bonds is 8. The van der Waals surface area contributed by atoms with Crippen molar-refractivity contribution in [2.45, 2.75) is 58.2 Å². The van der Waals surface area contributed by atoms with Gasteiger partial charge in [0.2, 0.25) is 0 Å². The van der Waals surface area contributed by atoms with Gasteiger partial charge in [-0.3, -0.25) is 0 Å². The Bertz CT molecular complexity index is 223. The molecule has 1 atom stereocenters. The van der Waals surface area contributed by atoms with E-state index in [2.05, 4.69) is 18.3 Å². The zero-order valence-electron chi connectivity index (χ0n) is 11.9. The number of hydrogen-bond acceptors (Lipinski definition) is 3. The van der Waals surface area contributed by atoms with Crippen LogP contribution in [0.1, 0.15) is 46.0 Å². The minimum atomic E-state index is -0.380. The number of aliphatic hydroxyl groups excluding tert-OH is 1. The standard InChI is InChI=1S/C15H29NO2/c1-3-4-5-10-16-11-14(17)12-18-15-8-6-13(2)7-9-15/h3-4,13-17H,5-12H2,1-2H3/b4-3+. The van der Waals surface area contributed by atoms with E-state index in [1.807, 2.05) is 13.0 Å². The highest BCUT2D eigenvalue weighted by Crippen LogP contribution is 2.25. The topological polar surface area (TPSA) is 41.5 Å².